The molecule has 27 heavy (non-hydrogen) atoms. The number of sulfonamides is 1. The molecule has 3 N–H and O–H groups in total. The van der Waals surface area contributed by atoms with E-state index < -0.39 is 10.0 Å². The quantitative estimate of drug-likeness (QED) is 0.743. The lowest BCUT2D eigenvalue weighted by atomic mass is 9.94. The first-order valence-electron chi connectivity index (χ1n) is 8.99. The van der Waals surface area contributed by atoms with Gasteiger partial charge in [-0.2, -0.15) is 0 Å². The maximum absolute atomic E-state index is 12.7. The molecule has 8 heteroatoms. The van der Waals surface area contributed by atoms with Gasteiger partial charge in [-0.15, -0.1) is 0 Å². The van der Waals surface area contributed by atoms with Crippen LogP contribution in [-0.2, 0) is 14.8 Å². The van der Waals surface area contributed by atoms with Crippen LogP contribution in [0.1, 0.15) is 18.0 Å². The van der Waals surface area contributed by atoms with Gasteiger partial charge in [-0.25, -0.2) is 13.8 Å². The number of hydrogen-bond acceptors (Lipinski definition) is 5. The lowest BCUT2D eigenvalue weighted by Gasteiger charge is -2.19. The van der Waals surface area contributed by atoms with Gasteiger partial charge in [-0.1, -0.05) is 30.3 Å². The second-order valence-electron chi connectivity index (χ2n) is 6.80. The highest BCUT2D eigenvalue weighted by molar-refractivity contribution is 7.93. The Morgan fingerprint density at radius 3 is 2.48 bits per heavy atom. The van der Waals surface area contributed by atoms with E-state index in [-0.39, 0.29) is 23.6 Å². The van der Waals surface area contributed by atoms with Gasteiger partial charge in [-0.05, 0) is 36.2 Å². The zero-order valence-corrected chi connectivity index (χ0v) is 15.6. The molecule has 0 spiro atoms. The van der Waals surface area contributed by atoms with E-state index in [4.69, 9.17) is 0 Å². The molecule has 2 unspecified atom stereocenters. The third kappa shape index (κ3) is 3.69. The van der Waals surface area contributed by atoms with Crippen molar-refractivity contribution in [2.45, 2.75) is 12.5 Å². The number of benzene rings is 2. The maximum atomic E-state index is 12.7. The number of nitrogens with zero attached hydrogens (tertiary/aromatic N) is 1. The van der Waals surface area contributed by atoms with Gasteiger partial charge in [0.15, 0.2) is 0 Å². The fraction of sp³-hybridized carbons (Fsp3) is 0.316. The molecule has 4 rings (SSSR count). The van der Waals surface area contributed by atoms with Crippen LogP contribution >= 0.6 is 0 Å². The molecule has 2 aliphatic heterocycles. The molecule has 2 aromatic carbocycles. The van der Waals surface area contributed by atoms with Crippen LogP contribution in [0, 0.1) is 5.92 Å². The number of anilines is 2. The van der Waals surface area contributed by atoms with Crippen molar-refractivity contribution in [1.29, 1.82) is 0 Å². The van der Waals surface area contributed by atoms with Crippen molar-refractivity contribution < 1.29 is 13.2 Å². The monoisotopic (exact) mass is 386 g/mol. The van der Waals surface area contributed by atoms with E-state index in [0.717, 1.165) is 5.56 Å². The molecule has 1 amide bonds. The Hall–Kier alpha value is -2.42. The number of rotatable bonds is 4. The van der Waals surface area contributed by atoms with Crippen molar-refractivity contribution >= 4 is 27.3 Å². The molecule has 0 radical (unpaired) electrons. The molecular formula is C19H22N4O3S. The highest BCUT2D eigenvalue weighted by Gasteiger charge is 2.34. The molecule has 2 saturated heterocycles. The highest BCUT2D eigenvalue weighted by atomic mass is 32.2. The molecule has 0 aromatic heterocycles. The lowest BCUT2D eigenvalue weighted by molar-refractivity contribution is -0.119. The van der Waals surface area contributed by atoms with Gasteiger partial charge in [0, 0.05) is 18.8 Å². The zero-order valence-electron chi connectivity index (χ0n) is 14.8. The molecule has 0 bridgehead atoms. The summed E-state index contributed by atoms with van der Waals surface area (Å²) in [4.78, 5) is 12.7. The summed E-state index contributed by atoms with van der Waals surface area (Å²) in [7, 11) is -3.20. The van der Waals surface area contributed by atoms with Crippen LogP contribution in [0.2, 0.25) is 0 Å². The number of carbonyl (C=O) groups excluding carboxylic acids is 1. The highest BCUT2D eigenvalue weighted by Crippen LogP contribution is 2.28. The van der Waals surface area contributed by atoms with Gasteiger partial charge in [0.1, 0.15) is 0 Å². The molecule has 0 saturated carbocycles. The third-order valence-corrected chi connectivity index (χ3v) is 6.87. The minimum absolute atomic E-state index is 0.0807. The predicted octanol–water partition coefficient (Wildman–Crippen LogP) is 1.63. The Balaban J connectivity index is 1.45. The van der Waals surface area contributed by atoms with Crippen molar-refractivity contribution in [2.75, 3.05) is 28.5 Å². The van der Waals surface area contributed by atoms with Crippen LogP contribution in [0.15, 0.2) is 54.6 Å². The standard InChI is InChI=1S/C19H22N4O3S/c24-19(17-13-20-22-18(17)14-5-2-1-3-6-14)21-15-7-9-16(10-8-15)23-11-4-12-27(23,25)26/h1-3,5-10,17-18,20,22H,4,11-13H2,(H,21,24). The first-order valence-corrected chi connectivity index (χ1v) is 10.6. The molecule has 2 aromatic rings. The smallest absolute Gasteiger partial charge is 0.235 e. The summed E-state index contributed by atoms with van der Waals surface area (Å²) >= 11 is 0. The van der Waals surface area contributed by atoms with Crippen LogP contribution in [0.3, 0.4) is 0 Å². The van der Waals surface area contributed by atoms with Crippen molar-refractivity contribution in [3.8, 4) is 0 Å². The first kappa shape index (κ1) is 18.0. The van der Waals surface area contributed by atoms with E-state index in [0.29, 0.717) is 30.9 Å². The Labute approximate surface area is 158 Å². The molecule has 0 aliphatic carbocycles. The minimum atomic E-state index is -3.20. The lowest BCUT2D eigenvalue weighted by Crippen LogP contribution is -2.29. The summed E-state index contributed by atoms with van der Waals surface area (Å²) in [6, 6.07) is 16.7. The number of nitrogens with one attached hydrogen (secondary N) is 3. The zero-order chi connectivity index (χ0) is 18.9. The Morgan fingerprint density at radius 1 is 1.07 bits per heavy atom. The van der Waals surface area contributed by atoms with E-state index in [2.05, 4.69) is 16.2 Å². The fourth-order valence-corrected chi connectivity index (χ4v) is 5.16. The van der Waals surface area contributed by atoms with Gasteiger partial charge < -0.3 is 5.32 Å². The minimum Gasteiger partial charge on any atom is -0.326 e. The predicted molar refractivity (Wildman–Crippen MR) is 105 cm³/mol. The number of amides is 1. The van der Waals surface area contributed by atoms with Gasteiger partial charge in [0.05, 0.1) is 23.4 Å². The van der Waals surface area contributed by atoms with Gasteiger partial charge >= 0.3 is 0 Å². The van der Waals surface area contributed by atoms with Crippen LogP contribution in [0.4, 0.5) is 11.4 Å². The molecule has 2 aliphatic rings. The van der Waals surface area contributed by atoms with Crippen molar-refractivity contribution in [3.63, 3.8) is 0 Å². The average Bonchev–Trinajstić information content (AvgIpc) is 3.29. The van der Waals surface area contributed by atoms with E-state index >= 15 is 0 Å². The molecule has 2 heterocycles. The second kappa shape index (κ2) is 7.30. The summed E-state index contributed by atoms with van der Waals surface area (Å²) in [5.74, 6) is -0.137. The van der Waals surface area contributed by atoms with E-state index in [1.165, 1.54) is 4.31 Å². The van der Waals surface area contributed by atoms with Gasteiger partial charge in [0.25, 0.3) is 0 Å². The maximum Gasteiger partial charge on any atom is 0.235 e. The third-order valence-electron chi connectivity index (χ3n) is 5.00. The van der Waals surface area contributed by atoms with Crippen molar-refractivity contribution in [1.82, 2.24) is 10.9 Å². The van der Waals surface area contributed by atoms with Crippen LogP contribution < -0.4 is 20.5 Å². The SMILES string of the molecule is O=C(Nc1ccc(N2CCCS2(=O)=O)cc1)C1CNNC1c1ccccc1. The molecule has 2 atom stereocenters. The molecule has 2 fully saturated rings. The van der Waals surface area contributed by atoms with E-state index in [1.807, 2.05) is 30.3 Å². The Bertz CT molecular complexity index is 916. The molecule has 142 valence electrons. The van der Waals surface area contributed by atoms with Crippen LogP contribution in [0.25, 0.3) is 0 Å². The summed E-state index contributed by atoms with van der Waals surface area (Å²) < 4.78 is 25.4. The van der Waals surface area contributed by atoms with Gasteiger partial charge in [0.2, 0.25) is 15.9 Å². The summed E-state index contributed by atoms with van der Waals surface area (Å²) in [5, 5.41) is 2.94. The topological polar surface area (TPSA) is 90.5 Å². The van der Waals surface area contributed by atoms with Gasteiger partial charge in [-0.3, -0.25) is 14.5 Å². The molecule has 7 nitrogen and oxygen atoms in total. The number of hydrogen-bond donors (Lipinski definition) is 3. The second-order valence-corrected chi connectivity index (χ2v) is 8.81. The fourth-order valence-electron chi connectivity index (χ4n) is 3.59. The van der Waals surface area contributed by atoms with Crippen molar-refractivity contribution in [3.05, 3.63) is 60.2 Å². The number of hydrazine groups is 1. The largest absolute Gasteiger partial charge is 0.326 e. The van der Waals surface area contributed by atoms with E-state index in [9.17, 15) is 13.2 Å². The number of carbonyl (C=O) groups is 1. The Morgan fingerprint density at radius 2 is 1.81 bits per heavy atom. The summed E-state index contributed by atoms with van der Waals surface area (Å²) in [6.45, 7) is 1.04. The normalized spacial score (nSPS) is 24.1. The summed E-state index contributed by atoms with van der Waals surface area (Å²) in [6.07, 6.45) is 0.642. The van der Waals surface area contributed by atoms with Crippen LogP contribution in [-0.4, -0.2) is 33.2 Å². The first-order chi connectivity index (χ1) is 13.0. The Kier molecular flexibility index (Phi) is 4.86. The summed E-state index contributed by atoms with van der Waals surface area (Å²) in [5.41, 5.74) is 8.56. The van der Waals surface area contributed by atoms with Crippen molar-refractivity contribution in [2.24, 2.45) is 5.92 Å². The van der Waals surface area contributed by atoms with Crippen LogP contribution in [0.5, 0.6) is 0 Å². The average molecular weight is 386 g/mol. The molecular weight excluding hydrogens is 364 g/mol. The van der Waals surface area contributed by atoms with E-state index in [1.54, 1.807) is 24.3 Å².